The number of rotatable bonds is 7. The van der Waals surface area contributed by atoms with Gasteiger partial charge in [-0.1, -0.05) is 11.6 Å². The number of nitrogens with zero attached hydrogens (tertiary/aromatic N) is 1. The van der Waals surface area contributed by atoms with Crippen molar-refractivity contribution in [1.29, 1.82) is 5.26 Å². The van der Waals surface area contributed by atoms with Gasteiger partial charge in [0, 0.05) is 17.3 Å². The molecule has 0 atom stereocenters. The van der Waals surface area contributed by atoms with E-state index in [0.29, 0.717) is 40.1 Å². The highest BCUT2D eigenvalue weighted by Gasteiger charge is 2.14. The molecule has 2 aromatic carbocycles. The Morgan fingerprint density at radius 1 is 1.19 bits per heavy atom. The zero-order valence-corrected chi connectivity index (χ0v) is 16.0. The second kappa shape index (κ2) is 9.51. The number of methoxy groups -OCH3 is 2. The lowest BCUT2D eigenvalue weighted by atomic mass is 10.1. The summed E-state index contributed by atoms with van der Waals surface area (Å²) >= 11 is 6.13. The van der Waals surface area contributed by atoms with Crippen LogP contribution in [0.5, 0.6) is 17.2 Å². The number of hydrogen-bond donors (Lipinski definition) is 1. The van der Waals surface area contributed by atoms with Crippen molar-refractivity contribution >= 4 is 29.3 Å². The number of amides is 1. The Balaban J connectivity index is 2.26. The smallest absolute Gasteiger partial charge is 0.266 e. The summed E-state index contributed by atoms with van der Waals surface area (Å²) in [5, 5.41) is 12.4. The van der Waals surface area contributed by atoms with E-state index < -0.39 is 5.91 Å². The molecule has 0 heterocycles. The number of carbonyl (C=O) groups excluding carboxylic acids is 1. The second-order valence-corrected chi connectivity index (χ2v) is 5.72. The minimum Gasteiger partial charge on any atom is -0.496 e. The monoisotopic (exact) mass is 386 g/mol. The molecule has 0 aliphatic heterocycles. The van der Waals surface area contributed by atoms with Crippen molar-refractivity contribution in [3.05, 3.63) is 52.6 Å². The quantitative estimate of drug-likeness (QED) is 0.566. The van der Waals surface area contributed by atoms with Crippen LogP contribution in [0.4, 0.5) is 5.69 Å². The van der Waals surface area contributed by atoms with Gasteiger partial charge in [0.25, 0.3) is 5.91 Å². The van der Waals surface area contributed by atoms with Crippen LogP contribution in [0.25, 0.3) is 6.08 Å². The molecule has 0 spiro atoms. The number of anilines is 1. The van der Waals surface area contributed by atoms with Gasteiger partial charge >= 0.3 is 0 Å². The van der Waals surface area contributed by atoms with Crippen LogP contribution in [0.3, 0.4) is 0 Å². The van der Waals surface area contributed by atoms with Crippen LogP contribution in [-0.4, -0.2) is 26.7 Å². The topological polar surface area (TPSA) is 80.6 Å². The van der Waals surface area contributed by atoms with Crippen molar-refractivity contribution in [2.75, 3.05) is 26.1 Å². The van der Waals surface area contributed by atoms with E-state index in [9.17, 15) is 10.1 Å². The van der Waals surface area contributed by atoms with Crippen molar-refractivity contribution in [1.82, 2.24) is 0 Å². The van der Waals surface area contributed by atoms with Crippen LogP contribution < -0.4 is 19.5 Å². The normalized spacial score (nSPS) is 10.7. The average molecular weight is 387 g/mol. The molecule has 0 radical (unpaired) electrons. The van der Waals surface area contributed by atoms with E-state index in [2.05, 4.69) is 5.32 Å². The fourth-order valence-electron chi connectivity index (χ4n) is 2.30. The number of nitrogens with one attached hydrogen (secondary N) is 1. The Hall–Kier alpha value is -3.17. The Morgan fingerprint density at radius 3 is 2.41 bits per heavy atom. The van der Waals surface area contributed by atoms with Crippen molar-refractivity contribution in [3.63, 3.8) is 0 Å². The van der Waals surface area contributed by atoms with E-state index >= 15 is 0 Å². The molecule has 6 nitrogen and oxygen atoms in total. The van der Waals surface area contributed by atoms with Crippen molar-refractivity contribution in [2.24, 2.45) is 0 Å². The van der Waals surface area contributed by atoms with Gasteiger partial charge in [0.2, 0.25) is 0 Å². The molecule has 1 amide bonds. The molecule has 2 rings (SSSR count). The molecule has 0 saturated carbocycles. The Kier molecular flexibility index (Phi) is 7.09. The van der Waals surface area contributed by atoms with Crippen LogP contribution in [0, 0.1) is 11.3 Å². The Labute approximate surface area is 162 Å². The van der Waals surface area contributed by atoms with Gasteiger partial charge in [-0.3, -0.25) is 4.79 Å². The van der Waals surface area contributed by atoms with Crippen molar-refractivity contribution in [3.8, 4) is 23.3 Å². The van der Waals surface area contributed by atoms with Gasteiger partial charge in [0.15, 0.2) is 0 Å². The molecule has 0 aromatic heterocycles. The van der Waals surface area contributed by atoms with Crippen LogP contribution >= 0.6 is 11.6 Å². The number of ether oxygens (including phenoxy) is 3. The molecule has 2 aromatic rings. The van der Waals surface area contributed by atoms with Gasteiger partial charge in [0.1, 0.15) is 28.9 Å². The van der Waals surface area contributed by atoms with E-state index in [1.807, 2.05) is 13.0 Å². The lowest BCUT2D eigenvalue weighted by Crippen LogP contribution is -2.13. The summed E-state index contributed by atoms with van der Waals surface area (Å²) in [6, 6.07) is 11.9. The minimum absolute atomic E-state index is 0.0941. The third-order valence-electron chi connectivity index (χ3n) is 3.59. The first-order valence-corrected chi connectivity index (χ1v) is 8.47. The average Bonchev–Trinajstić information content (AvgIpc) is 2.67. The minimum atomic E-state index is -0.546. The molecular weight excluding hydrogens is 368 g/mol. The van der Waals surface area contributed by atoms with E-state index in [1.54, 1.807) is 36.4 Å². The highest BCUT2D eigenvalue weighted by Crippen LogP contribution is 2.33. The standard InChI is InChI=1S/C20H19ClN2O4/c1-4-27-16-7-5-15(6-8-16)23-20(24)14(12-22)9-13-10-17(21)19(26-3)11-18(13)25-2/h5-11H,4H2,1-3H3,(H,23,24)/b14-9+. The molecule has 27 heavy (non-hydrogen) atoms. The van der Waals surface area contributed by atoms with E-state index in [0.717, 1.165) is 0 Å². The number of halogens is 1. The number of benzene rings is 2. The van der Waals surface area contributed by atoms with Crippen molar-refractivity contribution in [2.45, 2.75) is 6.92 Å². The fourth-order valence-corrected chi connectivity index (χ4v) is 2.55. The molecule has 0 bridgehead atoms. The van der Waals surface area contributed by atoms with E-state index in [1.165, 1.54) is 20.3 Å². The molecule has 0 saturated heterocycles. The van der Waals surface area contributed by atoms with Crippen LogP contribution in [-0.2, 0) is 4.79 Å². The van der Waals surface area contributed by atoms with Crippen LogP contribution in [0.15, 0.2) is 42.0 Å². The van der Waals surface area contributed by atoms with Crippen molar-refractivity contribution < 1.29 is 19.0 Å². The molecule has 1 N–H and O–H groups in total. The Morgan fingerprint density at radius 2 is 1.85 bits per heavy atom. The lowest BCUT2D eigenvalue weighted by molar-refractivity contribution is -0.112. The first-order valence-electron chi connectivity index (χ1n) is 8.09. The summed E-state index contributed by atoms with van der Waals surface area (Å²) in [5.41, 5.74) is 0.939. The highest BCUT2D eigenvalue weighted by atomic mass is 35.5. The largest absolute Gasteiger partial charge is 0.496 e. The molecule has 0 aliphatic carbocycles. The van der Waals surface area contributed by atoms with Crippen LogP contribution in [0.1, 0.15) is 12.5 Å². The summed E-state index contributed by atoms with van der Waals surface area (Å²) in [4.78, 5) is 12.4. The summed E-state index contributed by atoms with van der Waals surface area (Å²) in [7, 11) is 2.97. The van der Waals surface area contributed by atoms with E-state index in [-0.39, 0.29) is 5.57 Å². The molecule has 7 heteroatoms. The van der Waals surface area contributed by atoms with Crippen LogP contribution in [0.2, 0.25) is 5.02 Å². The first kappa shape index (κ1) is 20.1. The fraction of sp³-hybridized carbons (Fsp3) is 0.200. The molecule has 0 aliphatic rings. The van der Waals surface area contributed by atoms with Gasteiger partial charge in [-0.25, -0.2) is 0 Å². The third-order valence-corrected chi connectivity index (χ3v) is 3.89. The molecule has 140 valence electrons. The zero-order valence-electron chi connectivity index (χ0n) is 15.2. The lowest BCUT2D eigenvalue weighted by Gasteiger charge is -2.10. The maximum absolute atomic E-state index is 12.4. The van der Waals surface area contributed by atoms with Gasteiger partial charge in [-0.15, -0.1) is 0 Å². The number of carbonyl (C=O) groups is 1. The predicted molar refractivity (Wildman–Crippen MR) is 104 cm³/mol. The van der Waals surface area contributed by atoms with Gasteiger partial charge in [-0.05, 0) is 43.3 Å². The maximum Gasteiger partial charge on any atom is 0.266 e. The maximum atomic E-state index is 12.4. The second-order valence-electron chi connectivity index (χ2n) is 5.31. The first-order chi connectivity index (χ1) is 13.0. The molecule has 0 fully saturated rings. The number of hydrogen-bond acceptors (Lipinski definition) is 5. The Bertz CT molecular complexity index is 886. The van der Waals surface area contributed by atoms with Gasteiger partial charge < -0.3 is 19.5 Å². The van der Waals surface area contributed by atoms with Gasteiger partial charge in [0.05, 0.1) is 25.8 Å². The summed E-state index contributed by atoms with van der Waals surface area (Å²) in [5.74, 6) is 1.01. The van der Waals surface area contributed by atoms with Gasteiger partial charge in [-0.2, -0.15) is 5.26 Å². The predicted octanol–water partition coefficient (Wildman–Crippen LogP) is 4.30. The van der Waals surface area contributed by atoms with E-state index in [4.69, 9.17) is 25.8 Å². The summed E-state index contributed by atoms with van der Waals surface area (Å²) in [6.45, 7) is 2.44. The SMILES string of the molecule is CCOc1ccc(NC(=O)/C(C#N)=C/c2cc(Cl)c(OC)cc2OC)cc1. The molecular formula is C20H19ClN2O4. The summed E-state index contributed by atoms with van der Waals surface area (Å²) in [6.07, 6.45) is 1.41. The zero-order chi connectivity index (χ0) is 19.8. The number of nitriles is 1. The highest BCUT2D eigenvalue weighted by molar-refractivity contribution is 6.32. The molecule has 0 unspecified atom stereocenters. The third kappa shape index (κ3) is 5.16. The summed E-state index contributed by atoms with van der Waals surface area (Å²) < 4.78 is 15.8.